The second-order valence-electron chi connectivity index (χ2n) is 10.5. The fourth-order valence-electron chi connectivity index (χ4n) is 5.01. The molecule has 0 aliphatic carbocycles. The fraction of sp³-hybridized carbons (Fsp3) is 0.343. The quantitative estimate of drug-likeness (QED) is 0.0920. The van der Waals surface area contributed by atoms with Gasteiger partial charge in [-0.2, -0.15) is 4.98 Å². The topological polar surface area (TPSA) is 89.4 Å². The molecule has 5 rings (SSSR count). The van der Waals surface area contributed by atoms with E-state index in [9.17, 15) is 9.90 Å². The Labute approximate surface area is 261 Å². The van der Waals surface area contributed by atoms with Gasteiger partial charge in [0.05, 0.1) is 5.76 Å². The Morgan fingerprint density at radius 2 is 1.38 bits per heavy atom. The van der Waals surface area contributed by atoms with Gasteiger partial charge in [-0.3, -0.25) is 4.79 Å². The zero-order valence-electron chi connectivity index (χ0n) is 25.2. The smallest absolute Gasteiger partial charge is 0.278 e. The average molecular weight is 744 g/mol. The van der Waals surface area contributed by atoms with E-state index in [1.54, 1.807) is 0 Å². The van der Waals surface area contributed by atoms with Gasteiger partial charge >= 0.3 is 0 Å². The number of allylic oxidation sites excluding steroid dienone is 2. The average Bonchev–Trinajstić information content (AvgIpc) is 3.54. The summed E-state index contributed by atoms with van der Waals surface area (Å²) in [4.78, 5) is 20.6. The normalized spacial score (nSPS) is 11.6. The minimum Gasteiger partial charge on any atom is -0.512 e. The first-order valence-electron chi connectivity index (χ1n) is 14.5. The van der Waals surface area contributed by atoms with E-state index < -0.39 is 0 Å². The summed E-state index contributed by atoms with van der Waals surface area (Å²) < 4.78 is 11.6. The van der Waals surface area contributed by atoms with E-state index in [1.807, 2.05) is 64.1 Å². The van der Waals surface area contributed by atoms with Crippen LogP contribution < -0.4 is 0 Å². The maximum atomic E-state index is 11.7. The summed E-state index contributed by atoms with van der Waals surface area (Å²) in [6.45, 7) is 12.2. The minimum atomic E-state index is 0. The van der Waals surface area contributed by atoms with Gasteiger partial charge in [-0.05, 0) is 51.7 Å². The molecule has 0 spiro atoms. The molecule has 0 atom stereocenters. The van der Waals surface area contributed by atoms with Gasteiger partial charge in [-0.1, -0.05) is 80.1 Å². The number of oxazole rings is 2. The van der Waals surface area contributed by atoms with E-state index in [4.69, 9.17) is 8.83 Å². The number of nitrogens with zero attached hydrogens (tertiary/aromatic N) is 2. The van der Waals surface area contributed by atoms with Crippen molar-refractivity contribution in [3.8, 4) is 22.9 Å². The molecule has 0 saturated carbocycles. The van der Waals surface area contributed by atoms with Crippen LogP contribution in [0.3, 0.4) is 0 Å². The van der Waals surface area contributed by atoms with Crippen LogP contribution in [0.4, 0.5) is 0 Å². The molecule has 2 aromatic heterocycles. The Morgan fingerprint density at radius 3 is 1.98 bits per heavy atom. The van der Waals surface area contributed by atoms with Gasteiger partial charge in [0.15, 0.2) is 5.78 Å². The maximum Gasteiger partial charge on any atom is 0.278 e. The van der Waals surface area contributed by atoms with Crippen molar-refractivity contribution < 1.29 is 38.8 Å². The van der Waals surface area contributed by atoms with Crippen LogP contribution in [-0.4, -0.2) is 20.9 Å². The van der Waals surface area contributed by atoms with Gasteiger partial charge in [-0.15, -0.1) is 23.6 Å². The van der Waals surface area contributed by atoms with Crippen LogP contribution in [0.1, 0.15) is 64.5 Å². The molecule has 2 heterocycles. The van der Waals surface area contributed by atoms with Crippen molar-refractivity contribution in [1.29, 1.82) is 0 Å². The van der Waals surface area contributed by atoms with Crippen LogP contribution in [0.15, 0.2) is 75.3 Å². The number of aliphatic hydroxyl groups is 1. The standard InChI is InChI=1S/C22H15N2O2.C13H24O2.Ir/c1-13-9-14(2)11-18(10-13)20-24-22-21(26-20)23-19(25-22)17-8-7-15-5-3-4-6-16(15)12-17;1-5-10(6-2)12(14)9-13(15)11(7-3)8-4;/h3-7,9-12H,1-2H3;9-11,14H,5-8H2,1-4H3;/q-1;;/b;12-9-;. The van der Waals surface area contributed by atoms with Gasteiger partial charge in [0.1, 0.15) is 5.89 Å². The third kappa shape index (κ3) is 7.84. The van der Waals surface area contributed by atoms with E-state index in [0.717, 1.165) is 58.7 Å². The monoisotopic (exact) mass is 744 g/mol. The summed E-state index contributed by atoms with van der Waals surface area (Å²) in [5.74, 6) is 1.53. The molecule has 0 aliphatic heterocycles. The van der Waals surface area contributed by atoms with Crippen molar-refractivity contribution in [1.82, 2.24) is 9.97 Å². The molecular formula is C35H39IrN2O4-. The molecule has 0 saturated heterocycles. The summed E-state index contributed by atoms with van der Waals surface area (Å²) in [5.41, 5.74) is 4.83. The molecule has 5 aromatic rings. The molecule has 0 fully saturated rings. The first-order valence-corrected chi connectivity index (χ1v) is 14.5. The Balaban J connectivity index is 0.000000263. The summed E-state index contributed by atoms with van der Waals surface area (Å²) >= 11 is 0. The van der Waals surface area contributed by atoms with E-state index in [1.165, 1.54) is 6.08 Å². The molecule has 3 aromatic carbocycles. The first-order chi connectivity index (χ1) is 19.8. The van der Waals surface area contributed by atoms with E-state index >= 15 is 0 Å². The van der Waals surface area contributed by atoms with Crippen LogP contribution in [0, 0.1) is 31.7 Å². The van der Waals surface area contributed by atoms with Crippen molar-refractivity contribution in [2.45, 2.75) is 67.2 Å². The minimum absolute atomic E-state index is 0. The van der Waals surface area contributed by atoms with Crippen molar-refractivity contribution in [2.24, 2.45) is 11.8 Å². The number of ketones is 1. The van der Waals surface area contributed by atoms with Gasteiger partial charge in [0.2, 0.25) is 5.89 Å². The van der Waals surface area contributed by atoms with Crippen molar-refractivity contribution >= 4 is 28.0 Å². The number of carbonyl (C=O) groups excluding carboxylic acids is 1. The number of aryl methyl sites for hydroxylation is 2. The van der Waals surface area contributed by atoms with Crippen LogP contribution in [-0.2, 0) is 24.9 Å². The van der Waals surface area contributed by atoms with Crippen molar-refractivity contribution in [2.75, 3.05) is 0 Å². The second-order valence-corrected chi connectivity index (χ2v) is 10.5. The van der Waals surface area contributed by atoms with Crippen LogP contribution in [0.5, 0.6) is 0 Å². The Morgan fingerprint density at radius 1 is 0.833 bits per heavy atom. The maximum absolute atomic E-state index is 11.7. The first kappa shape index (κ1) is 33.0. The third-order valence-electron chi connectivity index (χ3n) is 7.44. The number of carbonyl (C=O) groups is 1. The SMILES string of the molecule is CCC(CC)C(=O)/C=C(\O)C(CC)CC.Cc1cc(C)cc(-c2nc3oc(-c4[c-]cc5ccccc5c4)nc3o2)c1.[Ir]. The number of hydrogen-bond donors (Lipinski definition) is 1. The zero-order valence-corrected chi connectivity index (χ0v) is 27.6. The second kappa shape index (κ2) is 15.1. The predicted octanol–water partition coefficient (Wildman–Crippen LogP) is 9.59. The molecule has 42 heavy (non-hydrogen) atoms. The number of hydrogen-bond acceptors (Lipinski definition) is 6. The molecular weight excluding hydrogens is 705 g/mol. The molecule has 0 aliphatic rings. The number of aromatic nitrogens is 2. The number of benzene rings is 3. The molecule has 1 radical (unpaired) electrons. The fourth-order valence-corrected chi connectivity index (χ4v) is 5.01. The summed E-state index contributed by atoms with van der Waals surface area (Å²) in [6.07, 6.45) is 4.91. The van der Waals surface area contributed by atoms with Crippen LogP contribution in [0.2, 0.25) is 0 Å². The molecule has 1 N–H and O–H groups in total. The Hall–Kier alpha value is -3.54. The predicted molar refractivity (Wildman–Crippen MR) is 165 cm³/mol. The van der Waals surface area contributed by atoms with E-state index in [0.29, 0.717) is 23.2 Å². The van der Waals surface area contributed by atoms with Gasteiger partial charge in [-0.25, -0.2) is 4.98 Å². The van der Waals surface area contributed by atoms with Crippen LogP contribution >= 0.6 is 0 Å². The van der Waals surface area contributed by atoms with E-state index in [-0.39, 0.29) is 43.5 Å². The number of rotatable bonds is 9. The van der Waals surface area contributed by atoms with Gasteiger partial charge < -0.3 is 13.9 Å². The molecule has 0 bridgehead atoms. The van der Waals surface area contributed by atoms with Gasteiger partial charge in [0, 0.05) is 43.6 Å². The molecule has 223 valence electrons. The molecule has 7 heteroatoms. The molecule has 6 nitrogen and oxygen atoms in total. The largest absolute Gasteiger partial charge is 0.512 e. The number of aliphatic hydroxyl groups excluding tert-OH is 1. The van der Waals surface area contributed by atoms with E-state index in [2.05, 4.69) is 48.1 Å². The summed E-state index contributed by atoms with van der Waals surface area (Å²) in [5, 5.41) is 12.0. The number of fused-ring (bicyclic) bond motifs is 2. The third-order valence-corrected chi connectivity index (χ3v) is 7.44. The zero-order chi connectivity index (χ0) is 29.5. The Kier molecular flexibility index (Phi) is 11.8. The molecule has 0 amide bonds. The van der Waals surface area contributed by atoms with Crippen LogP contribution in [0.25, 0.3) is 45.1 Å². The summed E-state index contributed by atoms with van der Waals surface area (Å²) in [7, 11) is 0. The summed E-state index contributed by atoms with van der Waals surface area (Å²) in [6, 6.07) is 21.5. The Bertz CT molecular complexity index is 1610. The molecule has 0 unspecified atom stereocenters. The van der Waals surface area contributed by atoms with Gasteiger partial charge in [0.25, 0.3) is 11.4 Å². The van der Waals surface area contributed by atoms with Crippen molar-refractivity contribution in [3.63, 3.8) is 0 Å². The van der Waals surface area contributed by atoms with Crippen molar-refractivity contribution in [3.05, 3.63) is 83.6 Å².